The van der Waals surface area contributed by atoms with Crippen molar-refractivity contribution in [1.29, 1.82) is 0 Å². The van der Waals surface area contributed by atoms with Gasteiger partial charge < -0.3 is 16.2 Å². The Morgan fingerprint density at radius 2 is 1.94 bits per heavy atom. The van der Waals surface area contributed by atoms with E-state index in [-0.39, 0.29) is 4.49 Å². The lowest BCUT2D eigenvalue weighted by atomic mass is 10.2. The molecular weight excluding hydrogens is 259 g/mol. The summed E-state index contributed by atoms with van der Waals surface area (Å²) in [7, 11) is 0. The van der Waals surface area contributed by atoms with Crippen molar-refractivity contribution in [2.75, 3.05) is 18.1 Å². The molecule has 1 aromatic carbocycles. The van der Waals surface area contributed by atoms with E-state index in [0.717, 1.165) is 5.57 Å². The molecule has 0 radical (unpaired) electrons. The number of nitrogen functional groups attached to an aromatic ring is 2. The van der Waals surface area contributed by atoms with Crippen LogP contribution in [0.2, 0.25) is 0 Å². The van der Waals surface area contributed by atoms with Crippen LogP contribution in [0, 0.1) is 0 Å². The molecule has 0 atom stereocenters. The molecule has 17 heavy (non-hydrogen) atoms. The fourth-order valence-corrected chi connectivity index (χ4v) is 1.22. The number of benzene rings is 1. The molecule has 0 amide bonds. The fourth-order valence-electron chi connectivity index (χ4n) is 1.09. The van der Waals surface area contributed by atoms with Crippen molar-refractivity contribution >= 4 is 34.6 Å². The lowest BCUT2D eigenvalue weighted by Gasteiger charge is -2.08. The zero-order valence-electron chi connectivity index (χ0n) is 9.41. The van der Waals surface area contributed by atoms with Crippen LogP contribution in [0.4, 0.5) is 11.4 Å². The number of halogens is 2. The molecule has 0 aliphatic heterocycles. The van der Waals surface area contributed by atoms with E-state index < -0.39 is 0 Å². The summed E-state index contributed by atoms with van der Waals surface area (Å²) in [4.78, 5) is 0. The summed E-state index contributed by atoms with van der Waals surface area (Å²) in [6.07, 6.45) is 3.38. The number of hydrogen-bond donors (Lipinski definition) is 2. The fraction of sp³-hybridized carbons (Fsp3) is 0.167. The monoisotopic (exact) mass is 272 g/mol. The van der Waals surface area contributed by atoms with Gasteiger partial charge in [-0.1, -0.05) is 29.3 Å². The van der Waals surface area contributed by atoms with Crippen LogP contribution in [0.3, 0.4) is 0 Å². The zero-order valence-corrected chi connectivity index (χ0v) is 10.9. The minimum Gasteiger partial charge on any atom is -0.489 e. The number of rotatable bonds is 4. The average molecular weight is 273 g/mol. The minimum absolute atomic E-state index is 0.209. The van der Waals surface area contributed by atoms with Gasteiger partial charge in [-0.3, -0.25) is 0 Å². The first-order valence-corrected chi connectivity index (χ1v) is 5.71. The van der Waals surface area contributed by atoms with Crippen LogP contribution in [0.5, 0.6) is 5.75 Å². The molecule has 4 N–H and O–H groups in total. The number of hydrogen-bond acceptors (Lipinski definition) is 3. The van der Waals surface area contributed by atoms with Gasteiger partial charge in [-0.25, -0.2) is 0 Å². The van der Waals surface area contributed by atoms with Crippen LogP contribution in [0.15, 0.2) is 40.4 Å². The molecule has 0 saturated carbocycles. The van der Waals surface area contributed by atoms with E-state index >= 15 is 0 Å². The van der Waals surface area contributed by atoms with Crippen LogP contribution in [0.25, 0.3) is 0 Å². The van der Waals surface area contributed by atoms with Crippen molar-refractivity contribution in [3.63, 3.8) is 0 Å². The van der Waals surface area contributed by atoms with E-state index in [0.29, 0.717) is 23.7 Å². The maximum atomic E-state index is 5.66. The Morgan fingerprint density at radius 3 is 2.53 bits per heavy atom. The van der Waals surface area contributed by atoms with Gasteiger partial charge in [0.2, 0.25) is 0 Å². The molecule has 0 bridgehead atoms. The van der Waals surface area contributed by atoms with Gasteiger partial charge >= 0.3 is 0 Å². The average Bonchev–Trinajstić information content (AvgIpc) is 2.28. The third kappa shape index (κ3) is 5.02. The summed E-state index contributed by atoms with van der Waals surface area (Å²) in [6.45, 7) is 2.34. The van der Waals surface area contributed by atoms with Gasteiger partial charge in [-0.15, -0.1) is 0 Å². The lowest BCUT2D eigenvalue weighted by Crippen LogP contribution is -2.00. The molecular formula is C12H14Cl2N2O. The van der Waals surface area contributed by atoms with E-state index in [1.807, 2.05) is 6.92 Å². The summed E-state index contributed by atoms with van der Waals surface area (Å²) in [5.74, 6) is 0.672. The van der Waals surface area contributed by atoms with Crippen LogP contribution >= 0.6 is 23.2 Å². The smallest absolute Gasteiger partial charge is 0.122 e. The van der Waals surface area contributed by atoms with E-state index in [1.54, 1.807) is 30.4 Å². The number of anilines is 2. The van der Waals surface area contributed by atoms with Crippen molar-refractivity contribution in [2.24, 2.45) is 0 Å². The first-order chi connectivity index (χ1) is 7.99. The highest BCUT2D eigenvalue weighted by Gasteiger charge is 1.98. The predicted octanol–water partition coefficient (Wildman–Crippen LogP) is 3.50. The van der Waals surface area contributed by atoms with Crippen molar-refractivity contribution in [3.05, 3.63) is 40.4 Å². The van der Waals surface area contributed by atoms with Gasteiger partial charge in [0, 0.05) is 6.07 Å². The highest BCUT2D eigenvalue weighted by Crippen LogP contribution is 2.21. The maximum absolute atomic E-state index is 5.66. The molecule has 0 aromatic heterocycles. The van der Waals surface area contributed by atoms with Gasteiger partial charge in [0.05, 0.1) is 11.4 Å². The predicted molar refractivity (Wildman–Crippen MR) is 74.3 cm³/mol. The third-order valence-electron chi connectivity index (χ3n) is 2.02. The second-order valence-corrected chi connectivity index (χ2v) is 4.56. The van der Waals surface area contributed by atoms with E-state index in [9.17, 15) is 0 Å². The Bertz CT molecular complexity index is 452. The highest BCUT2D eigenvalue weighted by atomic mass is 35.5. The Labute approximate surface area is 111 Å². The quantitative estimate of drug-likeness (QED) is 0.652. The molecule has 0 fully saturated rings. The van der Waals surface area contributed by atoms with Crippen molar-refractivity contribution in [3.8, 4) is 5.75 Å². The molecule has 0 spiro atoms. The minimum atomic E-state index is 0.209. The summed E-state index contributed by atoms with van der Waals surface area (Å²) in [5, 5.41) is 0. The molecule has 1 rings (SSSR count). The van der Waals surface area contributed by atoms with E-state index in [4.69, 9.17) is 39.4 Å². The van der Waals surface area contributed by atoms with E-state index in [1.165, 1.54) is 0 Å². The van der Waals surface area contributed by atoms with Crippen LogP contribution in [-0.4, -0.2) is 6.61 Å². The Morgan fingerprint density at radius 1 is 1.24 bits per heavy atom. The SMILES string of the molecule is CC(=CC=C(Cl)Cl)COc1ccc(N)c(N)c1. The maximum Gasteiger partial charge on any atom is 0.122 e. The van der Waals surface area contributed by atoms with Gasteiger partial charge in [-0.2, -0.15) is 0 Å². The second kappa shape index (κ2) is 6.42. The third-order valence-corrected chi connectivity index (χ3v) is 2.27. The Hall–Kier alpha value is -1.32. The zero-order chi connectivity index (χ0) is 12.8. The van der Waals surface area contributed by atoms with Crippen molar-refractivity contribution < 1.29 is 4.74 Å². The summed E-state index contributed by atoms with van der Waals surface area (Å²) in [6, 6.07) is 5.16. The first kappa shape index (κ1) is 13.7. The molecule has 0 saturated heterocycles. The normalized spacial score (nSPS) is 11.1. The standard InChI is InChI=1S/C12H14Cl2N2O/c1-8(2-5-12(13)14)7-17-9-3-4-10(15)11(16)6-9/h2-6H,7,15-16H2,1H3. The summed E-state index contributed by atoms with van der Waals surface area (Å²) in [5.41, 5.74) is 13.3. The van der Waals surface area contributed by atoms with Crippen LogP contribution in [0.1, 0.15) is 6.92 Å². The Balaban J connectivity index is 2.59. The van der Waals surface area contributed by atoms with Crippen LogP contribution < -0.4 is 16.2 Å². The summed E-state index contributed by atoms with van der Waals surface area (Å²) < 4.78 is 5.73. The lowest BCUT2D eigenvalue weighted by molar-refractivity contribution is 0.352. The number of allylic oxidation sites excluding steroid dienone is 2. The highest BCUT2D eigenvalue weighted by molar-refractivity contribution is 6.55. The van der Waals surface area contributed by atoms with Gasteiger partial charge in [0.15, 0.2) is 0 Å². The molecule has 0 heterocycles. The topological polar surface area (TPSA) is 61.3 Å². The van der Waals surface area contributed by atoms with Gasteiger partial charge in [0.25, 0.3) is 0 Å². The van der Waals surface area contributed by atoms with E-state index in [2.05, 4.69) is 0 Å². The molecule has 1 aromatic rings. The number of ether oxygens (including phenoxy) is 1. The summed E-state index contributed by atoms with van der Waals surface area (Å²) >= 11 is 11.0. The molecule has 0 aliphatic carbocycles. The van der Waals surface area contributed by atoms with Crippen molar-refractivity contribution in [1.82, 2.24) is 0 Å². The van der Waals surface area contributed by atoms with Crippen molar-refractivity contribution in [2.45, 2.75) is 6.92 Å². The molecule has 5 heteroatoms. The largest absolute Gasteiger partial charge is 0.489 e. The first-order valence-electron chi connectivity index (χ1n) is 4.95. The molecule has 92 valence electrons. The van der Waals surface area contributed by atoms with Gasteiger partial charge in [0.1, 0.15) is 16.8 Å². The molecule has 3 nitrogen and oxygen atoms in total. The Kier molecular flexibility index (Phi) is 5.19. The van der Waals surface area contributed by atoms with Crippen LogP contribution in [-0.2, 0) is 0 Å². The molecule has 0 aliphatic rings. The number of nitrogens with two attached hydrogens (primary N) is 2. The molecule has 0 unspecified atom stereocenters. The van der Waals surface area contributed by atoms with Gasteiger partial charge in [-0.05, 0) is 30.7 Å². The second-order valence-electron chi connectivity index (χ2n) is 3.55.